The highest BCUT2D eigenvalue weighted by Gasteiger charge is 2.12. The van der Waals surface area contributed by atoms with Gasteiger partial charge in [0.1, 0.15) is 5.75 Å². The number of rotatable bonds is 13. The molecule has 0 radical (unpaired) electrons. The highest BCUT2D eigenvalue weighted by Crippen LogP contribution is 2.18. The molecule has 0 fully saturated rings. The van der Waals surface area contributed by atoms with E-state index in [-0.39, 0.29) is 5.78 Å². The molecule has 0 bridgehead atoms. The topological polar surface area (TPSA) is 43.4 Å². The number of ketones is 1. The molecule has 3 heteroatoms. The van der Waals surface area contributed by atoms with Crippen molar-refractivity contribution < 1.29 is 14.3 Å². The van der Waals surface area contributed by atoms with Crippen LogP contribution in [-0.4, -0.2) is 11.8 Å². The first kappa shape index (κ1) is 25.4. The molecule has 3 aromatic carbocycles. The Labute approximate surface area is 204 Å². The Morgan fingerprint density at radius 3 is 1.71 bits per heavy atom. The molecule has 0 saturated heterocycles. The van der Waals surface area contributed by atoms with Gasteiger partial charge in [-0.3, -0.25) is 4.79 Å². The van der Waals surface area contributed by atoms with Crippen LogP contribution in [0.1, 0.15) is 95.7 Å². The van der Waals surface area contributed by atoms with Gasteiger partial charge in [0.2, 0.25) is 0 Å². The minimum atomic E-state index is -0.392. The quantitative estimate of drug-likeness (QED) is 0.113. The second-order valence-corrected chi connectivity index (χ2v) is 9.03. The Morgan fingerprint density at radius 1 is 0.618 bits per heavy atom. The van der Waals surface area contributed by atoms with Gasteiger partial charge in [-0.25, -0.2) is 4.79 Å². The van der Waals surface area contributed by atoms with E-state index in [1.165, 1.54) is 56.9 Å². The maximum Gasteiger partial charge on any atom is 0.343 e. The van der Waals surface area contributed by atoms with Gasteiger partial charge in [-0.05, 0) is 61.7 Å². The van der Waals surface area contributed by atoms with E-state index < -0.39 is 5.97 Å². The fraction of sp³-hybridized carbons (Fsp3) is 0.355. The zero-order valence-electron chi connectivity index (χ0n) is 20.5. The summed E-state index contributed by atoms with van der Waals surface area (Å²) in [5.74, 6) is -0.0188. The molecule has 3 aromatic rings. The third kappa shape index (κ3) is 7.98. The molecule has 178 valence electrons. The minimum Gasteiger partial charge on any atom is -0.423 e. The van der Waals surface area contributed by atoms with Crippen LogP contribution in [0.15, 0.2) is 72.8 Å². The summed E-state index contributed by atoms with van der Waals surface area (Å²) in [6.45, 7) is 4.24. The van der Waals surface area contributed by atoms with Crippen molar-refractivity contribution in [3.8, 4) is 5.75 Å². The van der Waals surface area contributed by atoms with Gasteiger partial charge in [-0.1, -0.05) is 93.8 Å². The molecule has 0 heterocycles. The average Bonchev–Trinajstić information content (AvgIpc) is 2.86. The summed E-state index contributed by atoms with van der Waals surface area (Å²) in [5, 5.41) is 0. The minimum absolute atomic E-state index is 0.0510. The van der Waals surface area contributed by atoms with Crippen molar-refractivity contribution in [1.82, 2.24) is 0 Å². The normalized spacial score (nSPS) is 10.8. The highest BCUT2D eigenvalue weighted by molar-refractivity contribution is 6.09. The second-order valence-electron chi connectivity index (χ2n) is 9.03. The lowest BCUT2D eigenvalue weighted by atomic mass is 10.0. The fourth-order valence-corrected chi connectivity index (χ4v) is 3.98. The summed E-state index contributed by atoms with van der Waals surface area (Å²) >= 11 is 0. The van der Waals surface area contributed by atoms with Crippen LogP contribution < -0.4 is 4.74 Å². The molecular formula is C31H36O3. The molecule has 0 aromatic heterocycles. The summed E-state index contributed by atoms with van der Waals surface area (Å²) in [5.41, 5.74) is 4.09. The standard InChI is InChI=1S/C31H36O3/c1-3-4-5-6-7-8-9-10-11-25-14-18-28(19-15-25)31(33)34-29-22-20-27(21-23-29)30(32)26-16-12-24(2)13-17-26/h12-23H,3-11H2,1-2H3. The highest BCUT2D eigenvalue weighted by atomic mass is 16.5. The number of benzene rings is 3. The Kier molecular flexibility index (Phi) is 10.1. The van der Waals surface area contributed by atoms with Crippen molar-refractivity contribution in [3.05, 3.63) is 101 Å². The van der Waals surface area contributed by atoms with Gasteiger partial charge < -0.3 is 4.74 Å². The van der Waals surface area contributed by atoms with E-state index in [2.05, 4.69) is 6.92 Å². The van der Waals surface area contributed by atoms with E-state index in [9.17, 15) is 9.59 Å². The number of aryl methyl sites for hydroxylation is 2. The van der Waals surface area contributed by atoms with Crippen molar-refractivity contribution in [2.75, 3.05) is 0 Å². The van der Waals surface area contributed by atoms with Crippen LogP contribution in [0.5, 0.6) is 5.75 Å². The lowest BCUT2D eigenvalue weighted by Crippen LogP contribution is -2.09. The number of carbonyl (C=O) groups excluding carboxylic acids is 2. The SMILES string of the molecule is CCCCCCCCCCc1ccc(C(=O)Oc2ccc(C(=O)c3ccc(C)cc3)cc2)cc1. The van der Waals surface area contributed by atoms with Crippen LogP contribution in [0, 0.1) is 6.92 Å². The summed E-state index contributed by atoms with van der Waals surface area (Å²) in [6, 6.07) is 21.9. The van der Waals surface area contributed by atoms with Crippen molar-refractivity contribution >= 4 is 11.8 Å². The number of ether oxygens (including phenoxy) is 1. The maximum absolute atomic E-state index is 12.6. The van der Waals surface area contributed by atoms with E-state index in [0.717, 1.165) is 12.0 Å². The zero-order chi connectivity index (χ0) is 24.2. The number of esters is 1. The molecular weight excluding hydrogens is 420 g/mol. The molecule has 3 nitrogen and oxygen atoms in total. The van der Waals surface area contributed by atoms with Crippen LogP contribution in [0.3, 0.4) is 0 Å². The molecule has 0 aliphatic rings. The molecule has 0 aliphatic heterocycles. The van der Waals surface area contributed by atoms with Crippen molar-refractivity contribution in [2.45, 2.75) is 71.6 Å². The second kappa shape index (κ2) is 13.5. The van der Waals surface area contributed by atoms with Crippen molar-refractivity contribution in [1.29, 1.82) is 0 Å². The maximum atomic E-state index is 12.6. The number of carbonyl (C=O) groups is 2. The van der Waals surface area contributed by atoms with E-state index >= 15 is 0 Å². The van der Waals surface area contributed by atoms with E-state index in [4.69, 9.17) is 4.74 Å². The van der Waals surface area contributed by atoms with Gasteiger partial charge in [0.15, 0.2) is 5.78 Å². The fourth-order valence-electron chi connectivity index (χ4n) is 3.98. The van der Waals surface area contributed by atoms with Gasteiger partial charge in [-0.15, -0.1) is 0 Å². The van der Waals surface area contributed by atoms with Gasteiger partial charge >= 0.3 is 5.97 Å². The first-order valence-corrected chi connectivity index (χ1v) is 12.6. The van der Waals surface area contributed by atoms with Crippen LogP contribution in [0.4, 0.5) is 0 Å². The molecule has 3 rings (SSSR count). The Hall–Kier alpha value is -3.20. The molecule has 0 unspecified atom stereocenters. The molecule has 0 aliphatic carbocycles. The smallest absolute Gasteiger partial charge is 0.343 e. The summed E-state index contributed by atoms with van der Waals surface area (Å²) in [4.78, 5) is 25.1. The summed E-state index contributed by atoms with van der Waals surface area (Å²) in [7, 11) is 0. The predicted octanol–water partition coefficient (Wildman–Crippen LogP) is 8.13. The van der Waals surface area contributed by atoms with Gasteiger partial charge in [-0.2, -0.15) is 0 Å². The van der Waals surface area contributed by atoms with E-state index in [1.807, 2.05) is 55.5 Å². The van der Waals surface area contributed by atoms with Gasteiger partial charge in [0.05, 0.1) is 5.56 Å². The first-order valence-electron chi connectivity index (χ1n) is 12.6. The third-order valence-electron chi connectivity index (χ3n) is 6.15. The summed E-state index contributed by atoms with van der Waals surface area (Å²) in [6.07, 6.45) is 11.5. The van der Waals surface area contributed by atoms with Crippen LogP contribution in [-0.2, 0) is 6.42 Å². The first-order chi connectivity index (χ1) is 16.6. The molecule has 0 atom stereocenters. The van der Waals surface area contributed by atoms with Crippen molar-refractivity contribution in [3.63, 3.8) is 0 Å². The number of hydrogen-bond acceptors (Lipinski definition) is 3. The van der Waals surface area contributed by atoms with Crippen molar-refractivity contribution in [2.24, 2.45) is 0 Å². The Bertz CT molecular complexity index is 1030. The molecule has 0 N–H and O–H groups in total. The number of hydrogen-bond donors (Lipinski definition) is 0. The lowest BCUT2D eigenvalue weighted by Gasteiger charge is -2.07. The zero-order valence-corrected chi connectivity index (χ0v) is 20.5. The van der Waals surface area contributed by atoms with Gasteiger partial charge in [0, 0.05) is 11.1 Å². The summed E-state index contributed by atoms with van der Waals surface area (Å²) < 4.78 is 5.50. The Morgan fingerprint density at radius 2 is 1.12 bits per heavy atom. The Balaban J connectivity index is 1.44. The monoisotopic (exact) mass is 456 g/mol. The van der Waals surface area contributed by atoms with Gasteiger partial charge in [0.25, 0.3) is 0 Å². The third-order valence-corrected chi connectivity index (χ3v) is 6.15. The molecule has 0 spiro atoms. The predicted molar refractivity (Wildman–Crippen MR) is 139 cm³/mol. The van der Waals surface area contributed by atoms with E-state index in [0.29, 0.717) is 22.4 Å². The van der Waals surface area contributed by atoms with Crippen LogP contribution in [0.25, 0.3) is 0 Å². The molecule has 0 amide bonds. The molecule has 0 saturated carbocycles. The molecule has 34 heavy (non-hydrogen) atoms. The van der Waals surface area contributed by atoms with E-state index in [1.54, 1.807) is 24.3 Å². The van der Waals surface area contributed by atoms with Crippen LogP contribution >= 0.6 is 0 Å². The lowest BCUT2D eigenvalue weighted by molar-refractivity contribution is 0.0734. The van der Waals surface area contributed by atoms with Crippen LogP contribution in [0.2, 0.25) is 0 Å². The largest absolute Gasteiger partial charge is 0.423 e. The average molecular weight is 457 g/mol. The number of unbranched alkanes of at least 4 members (excludes halogenated alkanes) is 7.